The van der Waals surface area contributed by atoms with Gasteiger partial charge in [0, 0.05) is 10.8 Å². The molecule has 0 aliphatic rings. The van der Waals surface area contributed by atoms with E-state index in [0.29, 0.717) is 0 Å². The van der Waals surface area contributed by atoms with Crippen LogP contribution >= 0.6 is 0 Å². The van der Waals surface area contributed by atoms with Gasteiger partial charge in [0.2, 0.25) is 34.8 Å². The molecular formula is C56H38F8O9. The molecule has 0 saturated carbocycles. The predicted octanol–water partition coefficient (Wildman–Crippen LogP) is 14.7. The van der Waals surface area contributed by atoms with E-state index < -0.39 is 91.9 Å². The van der Waals surface area contributed by atoms with Crippen molar-refractivity contribution in [2.45, 2.75) is 38.5 Å². The molecule has 0 fully saturated rings. The number of rotatable bonds is 14. The van der Waals surface area contributed by atoms with Crippen molar-refractivity contribution in [2.75, 3.05) is 0 Å². The highest BCUT2D eigenvalue weighted by atomic mass is 19.2. The summed E-state index contributed by atoms with van der Waals surface area (Å²) in [4.78, 5) is 25.7. The lowest BCUT2D eigenvalue weighted by atomic mass is 9.78. The molecule has 0 saturated heterocycles. The van der Waals surface area contributed by atoms with Crippen LogP contribution in [0.3, 0.4) is 0 Å². The summed E-state index contributed by atoms with van der Waals surface area (Å²) in [5, 5.41) is 19.3. The Hall–Kier alpha value is -8.86. The van der Waals surface area contributed by atoms with Gasteiger partial charge in [-0.1, -0.05) is 76.2 Å². The average Bonchev–Trinajstić information content (AvgIpc) is 3.37. The molecule has 8 aromatic carbocycles. The van der Waals surface area contributed by atoms with Crippen molar-refractivity contribution in [3.05, 3.63) is 226 Å². The van der Waals surface area contributed by atoms with E-state index >= 15 is 35.1 Å². The largest absolute Gasteiger partial charge is 0.508 e. The standard InChI is InChI=1S/C56H38F8O9/c1-55(2,29-5-13-33(65)14-6-29)31-9-17-37(18-10-31)70-51-47(61)43(57)41(44(58)48(51)62)53(67)72-39-25-21-35(22-26-39)69-36-23-27-40(28-24-36)73-54(68)42-45(59)49(63)52(50(64)46(42)60)71-38-19-11-32(12-20-38)56(3,4)30-7-15-34(66)16-8-30/h5-28,65-66H,1-4H3. The average molecular weight is 1010 g/mol. The first-order chi connectivity index (χ1) is 34.6. The van der Waals surface area contributed by atoms with Crippen LogP contribution in [-0.4, -0.2) is 22.2 Å². The van der Waals surface area contributed by atoms with Gasteiger partial charge in [0.1, 0.15) is 57.1 Å². The summed E-state index contributed by atoms with van der Waals surface area (Å²) in [6.07, 6.45) is 0. The summed E-state index contributed by atoms with van der Waals surface area (Å²) >= 11 is 0. The van der Waals surface area contributed by atoms with Gasteiger partial charge in [0.05, 0.1) is 0 Å². The molecule has 2 N–H and O–H groups in total. The molecule has 0 atom stereocenters. The maximum absolute atomic E-state index is 15.2. The van der Waals surface area contributed by atoms with Gasteiger partial charge >= 0.3 is 11.9 Å². The molecule has 0 aliphatic heterocycles. The van der Waals surface area contributed by atoms with E-state index in [2.05, 4.69) is 0 Å². The minimum atomic E-state index is -2.08. The summed E-state index contributed by atoms with van der Waals surface area (Å²) in [6.45, 7) is 7.57. The summed E-state index contributed by atoms with van der Waals surface area (Å²) < 4.78 is 148. The zero-order valence-electron chi connectivity index (χ0n) is 38.6. The Kier molecular flexibility index (Phi) is 13.9. The van der Waals surface area contributed by atoms with Crippen molar-refractivity contribution in [3.8, 4) is 57.5 Å². The van der Waals surface area contributed by atoms with E-state index in [1.54, 1.807) is 48.5 Å². The van der Waals surface area contributed by atoms with Crippen LogP contribution in [0.15, 0.2) is 146 Å². The highest BCUT2D eigenvalue weighted by molar-refractivity contribution is 5.92. The number of phenols is 2. The fourth-order valence-electron chi connectivity index (χ4n) is 7.57. The van der Waals surface area contributed by atoms with E-state index in [-0.39, 0.29) is 46.0 Å². The van der Waals surface area contributed by atoms with Gasteiger partial charge < -0.3 is 33.9 Å². The Bertz CT molecular complexity index is 3080. The number of aromatic hydroxyl groups is 2. The van der Waals surface area contributed by atoms with Crippen molar-refractivity contribution in [1.82, 2.24) is 0 Å². The van der Waals surface area contributed by atoms with Gasteiger partial charge in [-0.05, 0) is 119 Å². The number of phenolic OH excluding ortho intramolecular Hbond substituents is 2. The van der Waals surface area contributed by atoms with Crippen molar-refractivity contribution in [1.29, 1.82) is 0 Å². The molecule has 0 spiro atoms. The van der Waals surface area contributed by atoms with E-state index in [1.807, 2.05) is 27.7 Å². The third-order valence-corrected chi connectivity index (χ3v) is 11.9. The predicted molar refractivity (Wildman–Crippen MR) is 249 cm³/mol. The topological polar surface area (TPSA) is 121 Å². The highest BCUT2D eigenvalue weighted by Gasteiger charge is 2.34. The number of hydrogen-bond acceptors (Lipinski definition) is 9. The number of esters is 2. The molecule has 17 heteroatoms. The first-order valence-electron chi connectivity index (χ1n) is 21.8. The second-order valence-electron chi connectivity index (χ2n) is 17.3. The minimum Gasteiger partial charge on any atom is -0.508 e. The molecule has 0 radical (unpaired) electrons. The molecule has 0 aromatic heterocycles. The van der Waals surface area contributed by atoms with Crippen LogP contribution in [0.5, 0.6) is 57.5 Å². The molecule has 73 heavy (non-hydrogen) atoms. The number of carbonyl (C=O) groups is 2. The number of ether oxygens (including phenoxy) is 5. The fraction of sp³-hybridized carbons (Fsp3) is 0.107. The van der Waals surface area contributed by atoms with Crippen LogP contribution in [-0.2, 0) is 10.8 Å². The molecule has 9 nitrogen and oxygen atoms in total. The Morgan fingerprint density at radius 2 is 0.548 bits per heavy atom. The molecule has 8 rings (SSSR count). The Labute approximate surface area is 411 Å². The maximum atomic E-state index is 15.2. The summed E-state index contributed by atoms with van der Waals surface area (Å²) in [7, 11) is 0. The van der Waals surface area contributed by atoms with Crippen LogP contribution in [0.2, 0.25) is 0 Å². The van der Waals surface area contributed by atoms with Gasteiger partial charge in [0.15, 0.2) is 23.3 Å². The normalized spacial score (nSPS) is 11.5. The summed E-state index contributed by atoms with van der Waals surface area (Å²) in [5.41, 5.74) is -1.39. The number of carbonyl (C=O) groups excluding carboxylic acids is 2. The third kappa shape index (κ3) is 10.3. The van der Waals surface area contributed by atoms with Crippen LogP contribution in [0, 0.1) is 46.5 Å². The maximum Gasteiger partial charge on any atom is 0.349 e. The Balaban J connectivity index is 0.874. The van der Waals surface area contributed by atoms with Crippen LogP contribution in [0.25, 0.3) is 0 Å². The second-order valence-corrected chi connectivity index (χ2v) is 17.3. The highest BCUT2D eigenvalue weighted by Crippen LogP contribution is 2.40. The minimum absolute atomic E-state index is 0.0729. The molecule has 0 amide bonds. The number of benzene rings is 8. The zero-order chi connectivity index (χ0) is 52.5. The summed E-state index contributed by atoms with van der Waals surface area (Å²) in [6, 6.07) is 34.0. The molecule has 0 aliphatic carbocycles. The summed E-state index contributed by atoms with van der Waals surface area (Å²) in [5.74, 6) is -23.5. The first kappa shape index (κ1) is 50.5. The van der Waals surface area contributed by atoms with Crippen molar-refractivity contribution < 1.29 is 78.6 Å². The van der Waals surface area contributed by atoms with Gasteiger partial charge in [-0.3, -0.25) is 0 Å². The number of halogens is 8. The second kappa shape index (κ2) is 20.1. The Morgan fingerprint density at radius 1 is 0.329 bits per heavy atom. The van der Waals surface area contributed by atoms with E-state index in [0.717, 1.165) is 46.5 Å². The van der Waals surface area contributed by atoms with E-state index in [9.17, 15) is 19.8 Å². The fourth-order valence-corrected chi connectivity index (χ4v) is 7.57. The van der Waals surface area contributed by atoms with Crippen LogP contribution < -0.4 is 23.7 Å². The molecule has 0 heterocycles. The van der Waals surface area contributed by atoms with Gasteiger partial charge in [0.25, 0.3) is 0 Å². The monoisotopic (exact) mass is 1010 g/mol. The smallest absolute Gasteiger partial charge is 0.349 e. The van der Waals surface area contributed by atoms with Crippen LogP contribution in [0.1, 0.15) is 70.7 Å². The first-order valence-corrected chi connectivity index (χ1v) is 21.8. The number of hydrogen-bond donors (Lipinski definition) is 2. The van der Waals surface area contributed by atoms with Gasteiger partial charge in [-0.25, -0.2) is 27.2 Å². The zero-order valence-corrected chi connectivity index (χ0v) is 38.6. The van der Waals surface area contributed by atoms with Crippen LogP contribution in [0.4, 0.5) is 35.1 Å². The third-order valence-electron chi connectivity index (χ3n) is 11.9. The lowest BCUT2D eigenvalue weighted by molar-refractivity contribution is 0.0711. The van der Waals surface area contributed by atoms with E-state index in [1.165, 1.54) is 72.8 Å². The quantitative estimate of drug-likeness (QED) is 0.0475. The van der Waals surface area contributed by atoms with Crippen molar-refractivity contribution >= 4 is 11.9 Å². The van der Waals surface area contributed by atoms with Gasteiger partial charge in [-0.2, -0.15) is 17.6 Å². The SMILES string of the molecule is CC(C)(c1ccc(O)cc1)c1ccc(Oc2c(F)c(F)c(C(=O)Oc3ccc(Oc4ccc(OC(=O)c5c(F)c(F)c(Oc6ccc(C(C)(C)c7ccc(O)cc7)cc6)c(F)c5F)cc4)cc3)c(F)c2F)cc1. The van der Waals surface area contributed by atoms with Gasteiger partial charge in [-0.15, -0.1) is 0 Å². The molecule has 372 valence electrons. The lowest BCUT2D eigenvalue weighted by Gasteiger charge is -2.26. The van der Waals surface area contributed by atoms with Crippen molar-refractivity contribution in [2.24, 2.45) is 0 Å². The van der Waals surface area contributed by atoms with E-state index in [4.69, 9.17) is 23.7 Å². The molecule has 0 unspecified atom stereocenters. The lowest BCUT2D eigenvalue weighted by Crippen LogP contribution is -2.18. The van der Waals surface area contributed by atoms with Crippen molar-refractivity contribution in [3.63, 3.8) is 0 Å². The Morgan fingerprint density at radius 3 is 0.822 bits per heavy atom. The molecule has 0 bridgehead atoms. The molecular weight excluding hydrogens is 969 g/mol. The molecule has 8 aromatic rings.